The summed E-state index contributed by atoms with van der Waals surface area (Å²) >= 11 is 0. The van der Waals surface area contributed by atoms with E-state index in [2.05, 4.69) is 15.6 Å². The molecule has 0 saturated carbocycles. The first-order chi connectivity index (χ1) is 20.2. The second kappa shape index (κ2) is 16.5. The van der Waals surface area contributed by atoms with Crippen LogP contribution in [0, 0.1) is 0 Å². The minimum atomic E-state index is -1.26. The summed E-state index contributed by atoms with van der Waals surface area (Å²) < 4.78 is 0. The summed E-state index contributed by atoms with van der Waals surface area (Å²) in [6.07, 6.45) is -0.0250. The van der Waals surface area contributed by atoms with Crippen LogP contribution in [0.25, 0.3) is 10.9 Å². The van der Waals surface area contributed by atoms with Crippen molar-refractivity contribution in [2.24, 2.45) is 0 Å². The van der Waals surface area contributed by atoms with Gasteiger partial charge in [0.05, 0.1) is 44.7 Å². The Labute approximate surface area is 244 Å². The average molecular weight is 607 g/mol. The number of aliphatic carboxylic acids is 4. The molecule has 43 heavy (non-hydrogen) atoms. The van der Waals surface area contributed by atoms with E-state index in [1.807, 2.05) is 0 Å². The smallest absolute Gasteiger partial charge is 0.317 e. The van der Waals surface area contributed by atoms with Gasteiger partial charge in [-0.25, -0.2) is 0 Å². The number of aromatic nitrogens is 1. The molecular formula is C26H34N6O11. The summed E-state index contributed by atoms with van der Waals surface area (Å²) in [7, 11) is 1.47. The number of carboxylic acids is 4. The largest absolute Gasteiger partial charge is 0.480 e. The number of rotatable bonds is 19. The van der Waals surface area contributed by atoms with Crippen molar-refractivity contribution >= 4 is 52.3 Å². The third-order valence-corrected chi connectivity index (χ3v) is 6.11. The van der Waals surface area contributed by atoms with Gasteiger partial charge >= 0.3 is 23.9 Å². The third-order valence-electron chi connectivity index (χ3n) is 6.11. The maximum atomic E-state index is 12.8. The highest BCUT2D eigenvalue weighted by atomic mass is 16.4. The van der Waals surface area contributed by atoms with Crippen LogP contribution in [0.1, 0.15) is 5.56 Å². The fourth-order valence-corrected chi connectivity index (χ4v) is 4.25. The fraction of sp³-hybridized carbons (Fsp3) is 0.423. The van der Waals surface area contributed by atoms with Gasteiger partial charge in [0.15, 0.2) is 0 Å². The molecule has 1 aromatic carbocycles. The van der Waals surface area contributed by atoms with Crippen molar-refractivity contribution in [3.05, 3.63) is 40.2 Å². The SMILES string of the molecule is CNC(=O)Cc1cc(=O)[nH]c2cc(NC(=O)CN(CCN(CCN(CC(=O)O)CC(=O)O)CC(=O)O)CC(=O)O)ccc12. The van der Waals surface area contributed by atoms with Crippen molar-refractivity contribution in [1.82, 2.24) is 25.0 Å². The van der Waals surface area contributed by atoms with Crippen LogP contribution in [0.5, 0.6) is 0 Å². The molecular weight excluding hydrogens is 572 g/mol. The number of hydrogen-bond acceptors (Lipinski definition) is 10. The Bertz CT molecular complexity index is 1390. The Balaban J connectivity index is 2.10. The molecule has 0 aliphatic carbocycles. The lowest BCUT2D eigenvalue weighted by Gasteiger charge is -2.27. The molecule has 0 atom stereocenters. The number of likely N-dealkylation sites (N-methyl/N-ethyl adjacent to an activating group) is 1. The number of carbonyl (C=O) groups is 6. The van der Waals surface area contributed by atoms with Crippen LogP contribution in [-0.4, -0.2) is 142 Å². The van der Waals surface area contributed by atoms with Gasteiger partial charge in [-0.2, -0.15) is 0 Å². The molecule has 0 unspecified atom stereocenters. The van der Waals surface area contributed by atoms with Gasteiger partial charge in [-0.05, 0) is 17.7 Å². The van der Waals surface area contributed by atoms with Gasteiger partial charge in [0.2, 0.25) is 17.4 Å². The van der Waals surface area contributed by atoms with Crippen molar-refractivity contribution in [3.63, 3.8) is 0 Å². The zero-order chi connectivity index (χ0) is 32.1. The van der Waals surface area contributed by atoms with Crippen LogP contribution in [0.3, 0.4) is 0 Å². The Kier molecular flexibility index (Phi) is 13.2. The molecule has 2 rings (SSSR count). The number of amides is 2. The van der Waals surface area contributed by atoms with Gasteiger partial charge in [-0.3, -0.25) is 48.3 Å². The predicted octanol–water partition coefficient (Wildman–Crippen LogP) is -2.00. The normalized spacial score (nSPS) is 11.2. The molecule has 0 spiro atoms. The molecule has 0 radical (unpaired) electrons. The lowest BCUT2D eigenvalue weighted by molar-refractivity contribution is -0.143. The summed E-state index contributed by atoms with van der Waals surface area (Å²) in [5.74, 6) is -5.85. The number of aromatic amines is 1. The van der Waals surface area contributed by atoms with E-state index in [1.54, 1.807) is 12.1 Å². The van der Waals surface area contributed by atoms with Crippen molar-refractivity contribution in [2.75, 3.05) is 71.3 Å². The highest BCUT2D eigenvalue weighted by Crippen LogP contribution is 2.20. The fourth-order valence-electron chi connectivity index (χ4n) is 4.25. The Morgan fingerprint density at radius 3 is 1.70 bits per heavy atom. The van der Waals surface area contributed by atoms with E-state index in [0.717, 1.165) is 4.90 Å². The number of hydrogen-bond donors (Lipinski definition) is 7. The zero-order valence-electron chi connectivity index (χ0n) is 23.4. The van der Waals surface area contributed by atoms with Crippen LogP contribution in [0.2, 0.25) is 0 Å². The van der Waals surface area contributed by atoms with E-state index in [1.165, 1.54) is 29.0 Å². The van der Waals surface area contributed by atoms with Crippen molar-refractivity contribution < 1.29 is 49.2 Å². The molecule has 234 valence electrons. The predicted molar refractivity (Wildman–Crippen MR) is 151 cm³/mol. The second-order valence-electron chi connectivity index (χ2n) is 9.59. The number of fused-ring (bicyclic) bond motifs is 1. The van der Waals surface area contributed by atoms with E-state index < -0.39 is 61.5 Å². The van der Waals surface area contributed by atoms with Crippen LogP contribution < -0.4 is 16.2 Å². The Hall–Kier alpha value is -4.87. The van der Waals surface area contributed by atoms with Gasteiger partial charge in [0, 0.05) is 50.4 Å². The Morgan fingerprint density at radius 2 is 1.19 bits per heavy atom. The lowest BCUT2D eigenvalue weighted by atomic mass is 10.1. The standard InChI is InChI=1S/C26H34N6O11/c1-27-20(33)8-16-9-21(34)29-19-10-17(2-3-18(16)19)28-22(35)11-31(13-24(38)39)6-4-30(12-23(36)37)5-7-32(14-25(40)41)15-26(42)43/h2-3,9-10H,4-8,11-15H2,1H3,(H,27,33)(H,28,35)(H,29,34)(H,36,37)(H,38,39)(H,40,41)(H,42,43). The van der Waals surface area contributed by atoms with Gasteiger partial charge in [0.1, 0.15) is 0 Å². The van der Waals surface area contributed by atoms with Crippen LogP contribution in [-0.2, 0) is 35.2 Å². The third kappa shape index (κ3) is 12.7. The molecule has 0 fully saturated rings. The van der Waals surface area contributed by atoms with Crippen LogP contribution in [0.4, 0.5) is 5.69 Å². The van der Waals surface area contributed by atoms with Gasteiger partial charge in [0.25, 0.3) is 0 Å². The number of pyridine rings is 1. The lowest BCUT2D eigenvalue weighted by Crippen LogP contribution is -2.46. The summed E-state index contributed by atoms with van der Waals surface area (Å²) in [4.78, 5) is 88.0. The van der Waals surface area contributed by atoms with E-state index >= 15 is 0 Å². The molecule has 17 nitrogen and oxygen atoms in total. The highest BCUT2D eigenvalue weighted by Gasteiger charge is 2.20. The van der Waals surface area contributed by atoms with Crippen LogP contribution >= 0.6 is 0 Å². The zero-order valence-corrected chi connectivity index (χ0v) is 23.4. The number of carboxylic acid groups (broad SMARTS) is 4. The van der Waals surface area contributed by atoms with Crippen molar-refractivity contribution in [3.8, 4) is 0 Å². The van der Waals surface area contributed by atoms with Crippen molar-refractivity contribution in [1.29, 1.82) is 0 Å². The number of H-pyrrole nitrogens is 1. The number of carbonyl (C=O) groups excluding carboxylic acids is 2. The van der Waals surface area contributed by atoms with Gasteiger partial charge < -0.3 is 36.0 Å². The topological polar surface area (TPSA) is 250 Å². The first-order valence-corrected chi connectivity index (χ1v) is 13.0. The molecule has 1 heterocycles. The monoisotopic (exact) mass is 606 g/mol. The quantitative estimate of drug-likeness (QED) is 0.0914. The average Bonchev–Trinajstić information content (AvgIpc) is 2.88. The number of nitrogens with one attached hydrogen (secondary N) is 3. The van der Waals surface area contributed by atoms with E-state index in [0.29, 0.717) is 22.2 Å². The van der Waals surface area contributed by atoms with Crippen molar-refractivity contribution in [2.45, 2.75) is 6.42 Å². The number of anilines is 1. The first kappa shape index (κ1) is 34.3. The molecule has 0 saturated heterocycles. The van der Waals surface area contributed by atoms with Gasteiger partial charge in [-0.15, -0.1) is 0 Å². The maximum Gasteiger partial charge on any atom is 0.317 e. The highest BCUT2D eigenvalue weighted by molar-refractivity contribution is 5.96. The van der Waals surface area contributed by atoms with E-state index in [4.69, 9.17) is 10.2 Å². The molecule has 7 N–H and O–H groups in total. The molecule has 0 aliphatic rings. The summed E-state index contributed by atoms with van der Waals surface area (Å²) in [5.41, 5.74) is 0.715. The molecule has 2 amide bonds. The summed E-state index contributed by atoms with van der Waals surface area (Å²) in [6.45, 7) is -2.76. The summed E-state index contributed by atoms with van der Waals surface area (Å²) in [5, 5.41) is 42.3. The minimum absolute atomic E-state index is 0.0217. The first-order valence-electron chi connectivity index (χ1n) is 13.0. The van der Waals surface area contributed by atoms with E-state index in [9.17, 15) is 43.8 Å². The second-order valence-corrected chi connectivity index (χ2v) is 9.59. The molecule has 1 aromatic heterocycles. The van der Waals surface area contributed by atoms with Gasteiger partial charge in [-0.1, -0.05) is 6.07 Å². The molecule has 0 bridgehead atoms. The molecule has 0 aliphatic heterocycles. The number of nitrogens with zero attached hydrogens (tertiary/aromatic N) is 3. The van der Waals surface area contributed by atoms with E-state index in [-0.39, 0.29) is 45.1 Å². The molecule has 17 heteroatoms. The Morgan fingerprint density at radius 1 is 0.698 bits per heavy atom. The van der Waals surface area contributed by atoms with Crippen LogP contribution in [0.15, 0.2) is 29.1 Å². The number of benzene rings is 1. The summed E-state index contributed by atoms with van der Waals surface area (Å²) in [6, 6.07) is 5.99. The maximum absolute atomic E-state index is 12.8. The molecule has 2 aromatic rings. The minimum Gasteiger partial charge on any atom is -0.480 e.